The molecule has 4 nitrogen and oxygen atoms in total. The first kappa shape index (κ1) is 14.5. The van der Waals surface area contributed by atoms with Crippen LogP contribution in [0.2, 0.25) is 0 Å². The van der Waals surface area contributed by atoms with Crippen LogP contribution in [-0.2, 0) is 9.53 Å². The fourth-order valence-electron chi connectivity index (χ4n) is 2.25. The number of carboxylic acids is 1. The molecule has 0 amide bonds. The third-order valence-electron chi connectivity index (χ3n) is 3.57. The molecular weight excluding hydrogens is 218 g/mol. The van der Waals surface area contributed by atoms with Crippen LogP contribution in [0.1, 0.15) is 33.6 Å². The molecule has 0 aliphatic carbocycles. The Morgan fingerprint density at radius 2 is 2.18 bits per heavy atom. The molecular formula is C13H25NO3. The summed E-state index contributed by atoms with van der Waals surface area (Å²) in [5, 5.41) is 9.01. The number of aliphatic carboxylic acids is 1. The number of carbonyl (C=O) groups is 1. The van der Waals surface area contributed by atoms with Crippen molar-refractivity contribution in [2.24, 2.45) is 11.8 Å². The smallest absolute Gasteiger partial charge is 0.308 e. The molecule has 4 heteroatoms. The van der Waals surface area contributed by atoms with Crippen molar-refractivity contribution in [3.63, 3.8) is 0 Å². The predicted octanol–water partition coefficient (Wildman–Crippen LogP) is 1.84. The Morgan fingerprint density at radius 1 is 1.47 bits per heavy atom. The van der Waals surface area contributed by atoms with Crippen LogP contribution in [0, 0.1) is 11.8 Å². The Balaban J connectivity index is 2.14. The van der Waals surface area contributed by atoms with Gasteiger partial charge in [0.15, 0.2) is 0 Å². The van der Waals surface area contributed by atoms with E-state index in [0.717, 1.165) is 32.5 Å². The van der Waals surface area contributed by atoms with Crippen molar-refractivity contribution in [3.05, 3.63) is 0 Å². The van der Waals surface area contributed by atoms with Crippen LogP contribution in [0.3, 0.4) is 0 Å². The fraction of sp³-hybridized carbons (Fsp3) is 0.923. The minimum Gasteiger partial charge on any atom is -0.481 e. The van der Waals surface area contributed by atoms with E-state index in [4.69, 9.17) is 9.84 Å². The van der Waals surface area contributed by atoms with Gasteiger partial charge in [0.1, 0.15) is 0 Å². The zero-order valence-corrected chi connectivity index (χ0v) is 11.2. The van der Waals surface area contributed by atoms with Crippen molar-refractivity contribution >= 4 is 5.97 Å². The molecule has 2 atom stereocenters. The molecule has 17 heavy (non-hydrogen) atoms. The van der Waals surface area contributed by atoms with Crippen molar-refractivity contribution in [1.82, 2.24) is 4.90 Å². The first-order chi connectivity index (χ1) is 8.02. The lowest BCUT2D eigenvalue weighted by Gasteiger charge is -2.22. The molecule has 0 aromatic carbocycles. The summed E-state index contributed by atoms with van der Waals surface area (Å²) in [6.07, 6.45) is 1.86. The van der Waals surface area contributed by atoms with Gasteiger partial charge in [0.25, 0.3) is 0 Å². The average Bonchev–Trinajstić information content (AvgIpc) is 2.59. The molecule has 1 rings (SSSR count). The van der Waals surface area contributed by atoms with Crippen molar-refractivity contribution < 1.29 is 14.6 Å². The number of hydrogen-bond donors (Lipinski definition) is 1. The second kappa shape index (κ2) is 6.97. The summed E-state index contributed by atoms with van der Waals surface area (Å²) in [4.78, 5) is 13.2. The Morgan fingerprint density at radius 3 is 2.71 bits per heavy atom. The molecule has 0 saturated carbocycles. The highest BCUT2D eigenvalue weighted by molar-refractivity contribution is 5.71. The Hall–Kier alpha value is -0.610. The van der Waals surface area contributed by atoms with Crippen LogP contribution in [0.25, 0.3) is 0 Å². The van der Waals surface area contributed by atoms with Crippen LogP contribution < -0.4 is 0 Å². The minimum atomic E-state index is -0.666. The van der Waals surface area contributed by atoms with Gasteiger partial charge in [-0.15, -0.1) is 0 Å². The highest BCUT2D eigenvalue weighted by Gasteiger charge is 2.34. The Labute approximate surface area is 104 Å². The second-order valence-electron chi connectivity index (χ2n) is 5.30. The lowest BCUT2D eigenvalue weighted by Crippen LogP contribution is -2.35. The van der Waals surface area contributed by atoms with Crippen LogP contribution in [0.5, 0.6) is 0 Å². The van der Waals surface area contributed by atoms with Crippen LogP contribution in [-0.4, -0.2) is 48.3 Å². The molecule has 1 saturated heterocycles. The Bertz CT molecular complexity index is 243. The molecule has 0 radical (unpaired) electrons. The van der Waals surface area contributed by atoms with E-state index in [2.05, 4.69) is 18.7 Å². The monoisotopic (exact) mass is 243 g/mol. The largest absolute Gasteiger partial charge is 0.481 e. The quantitative estimate of drug-likeness (QED) is 0.693. The number of rotatable bonds is 7. The maximum Gasteiger partial charge on any atom is 0.308 e. The third-order valence-corrected chi connectivity index (χ3v) is 3.57. The molecule has 0 bridgehead atoms. The van der Waals surface area contributed by atoms with Gasteiger partial charge in [-0.2, -0.15) is 0 Å². The molecule has 1 fully saturated rings. The topological polar surface area (TPSA) is 49.8 Å². The van der Waals surface area contributed by atoms with Gasteiger partial charge >= 0.3 is 5.97 Å². The molecule has 1 aliphatic heterocycles. The van der Waals surface area contributed by atoms with Crippen LogP contribution in [0.4, 0.5) is 0 Å². The second-order valence-corrected chi connectivity index (χ2v) is 5.30. The fourth-order valence-corrected chi connectivity index (χ4v) is 2.25. The maximum atomic E-state index is 11.0. The van der Waals surface area contributed by atoms with Gasteiger partial charge < -0.3 is 9.84 Å². The van der Waals surface area contributed by atoms with E-state index >= 15 is 0 Å². The molecule has 1 aliphatic rings. The van der Waals surface area contributed by atoms with E-state index in [1.54, 1.807) is 0 Å². The molecule has 1 heterocycles. The predicted molar refractivity (Wildman–Crippen MR) is 67.1 cm³/mol. The summed E-state index contributed by atoms with van der Waals surface area (Å²) in [5.41, 5.74) is 0. The van der Waals surface area contributed by atoms with E-state index in [1.165, 1.54) is 0 Å². The summed E-state index contributed by atoms with van der Waals surface area (Å²) in [6, 6.07) is 0.140. The molecule has 0 spiro atoms. The summed E-state index contributed by atoms with van der Waals surface area (Å²) < 4.78 is 5.56. The summed E-state index contributed by atoms with van der Waals surface area (Å²) in [6.45, 7) is 9.62. The van der Waals surface area contributed by atoms with Crippen molar-refractivity contribution in [2.75, 3.05) is 26.3 Å². The van der Waals surface area contributed by atoms with Gasteiger partial charge in [0.2, 0.25) is 0 Å². The highest BCUT2D eigenvalue weighted by atomic mass is 16.5. The lowest BCUT2D eigenvalue weighted by molar-refractivity contribution is -0.142. The standard InChI is InChI=1S/C13H25NO3/c1-10(2)5-8-17-9-7-14-6-4-12(11(14)3)13(15)16/h10-12H,4-9H2,1-3H3,(H,15,16). The SMILES string of the molecule is CC(C)CCOCCN1CCC(C(=O)O)C1C. The molecule has 1 N–H and O–H groups in total. The molecule has 2 unspecified atom stereocenters. The van der Waals surface area contributed by atoms with E-state index in [1.807, 2.05) is 6.92 Å². The number of nitrogens with zero attached hydrogens (tertiary/aromatic N) is 1. The number of ether oxygens (including phenoxy) is 1. The third kappa shape index (κ3) is 4.64. The van der Waals surface area contributed by atoms with Crippen molar-refractivity contribution in [3.8, 4) is 0 Å². The first-order valence-corrected chi connectivity index (χ1v) is 6.57. The van der Waals surface area contributed by atoms with Crippen LogP contribution >= 0.6 is 0 Å². The highest BCUT2D eigenvalue weighted by Crippen LogP contribution is 2.23. The summed E-state index contributed by atoms with van der Waals surface area (Å²) in [5.74, 6) is -0.191. The average molecular weight is 243 g/mol. The summed E-state index contributed by atoms with van der Waals surface area (Å²) in [7, 11) is 0. The normalized spacial score (nSPS) is 25.6. The van der Waals surface area contributed by atoms with Crippen LogP contribution in [0.15, 0.2) is 0 Å². The van der Waals surface area contributed by atoms with Gasteiger partial charge in [-0.05, 0) is 32.2 Å². The molecule has 0 aromatic heterocycles. The van der Waals surface area contributed by atoms with Gasteiger partial charge in [-0.3, -0.25) is 9.69 Å². The Kier molecular flexibility index (Phi) is 5.92. The van der Waals surface area contributed by atoms with Gasteiger partial charge in [0.05, 0.1) is 12.5 Å². The van der Waals surface area contributed by atoms with E-state index < -0.39 is 5.97 Å². The van der Waals surface area contributed by atoms with E-state index in [9.17, 15) is 4.79 Å². The van der Waals surface area contributed by atoms with Crippen molar-refractivity contribution in [2.45, 2.75) is 39.7 Å². The zero-order chi connectivity index (χ0) is 12.8. The van der Waals surface area contributed by atoms with Gasteiger partial charge in [-0.1, -0.05) is 13.8 Å². The number of carboxylic acid groups (broad SMARTS) is 1. The lowest BCUT2D eigenvalue weighted by atomic mass is 10.0. The maximum absolute atomic E-state index is 11.0. The van der Waals surface area contributed by atoms with Gasteiger partial charge in [-0.25, -0.2) is 0 Å². The number of hydrogen-bond acceptors (Lipinski definition) is 3. The van der Waals surface area contributed by atoms with E-state index in [-0.39, 0.29) is 12.0 Å². The van der Waals surface area contributed by atoms with E-state index in [0.29, 0.717) is 12.5 Å². The minimum absolute atomic E-state index is 0.140. The van der Waals surface area contributed by atoms with Crippen molar-refractivity contribution in [1.29, 1.82) is 0 Å². The van der Waals surface area contributed by atoms with Gasteiger partial charge in [0, 0.05) is 19.2 Å². The summed E-state index contributed by atoms with van der Waals surface area (Å²) >= 11 is 0. The molecule has 100 valence electrons. The zero-order valence-electron chi connectivity index (χ0n) is 11.2. The number of likely N-dealkylation sites (tertiary alicyclic amines) is 1. The molecule has 0 aromatic rings. The first-order valence-electron chi connectivity index (χ1n) is 6.57.